The number of aryl methyl sites for hydroxylation is 1. The first-order valence-corrected chi connectivity index (χ1v) is 9.32. The van der Waals surface area contributed by atoms with Gasteiger partial charge >= 0.3 is 6.08 Å². The van der Waals surface area contributed by atoms with E-state index in [4.69, 9.17) is 4.43 Å². The minimum absolute atomic E-state index is 0.225. The van der Waals surface area contributed by atoms with Gasteiger partial charge in [-0.15, -0.1) is 0 Å². The van der Waals surface area contributed by atoms with Crippen molar-refractivity contribution in [1.29, 1.82) is 0 Å². The van der Waals surface area contributed by atoms with Crippen LogP contribution in [0, 0.1) is 6.92 Å². The molecule has 0 unspecified atom stereocenters. The van der Waals surface area contributed by atoms with Gasteiger partial charge in [0.2, 0.25) is 0 Å². The van der Waals surface area contributed by atoms with Gasteiger partial charge < -0.3 is 4.43 Å². The SMILES string of the molecule is CC[Si](CC)(CC)OC(=C(F)F)c1ccc(C)cc1. The van der Waals surface area contributed by atoms with E-state index >= 15 is 0 Å². The maximum absolute atomic E-state index is 13.2. The highest BCUT2D eigenvalue weighted by molar-refractivity contribution is 6.74. The third-order valence-electron chi connectivity index (χ3n) is 3.74. The monoisotopic (exact) mass is 284 g/mol. The maximum Gasteiger partial charge on any atom is 0.311 e. The van der Waals surface area contributed by atoms with Crippen molar-refractivity contribution in [2.75, 3.05) is 0 Å². The van der Waals surface area contributed by atoms with Gasteiger partial charge in [-0.1, -0.05) is 50.6 Å². The molecule has 0 aromatic heterocycles. The van der Waals surface area contributed by atoms with E-state index < -0.39 is 14.4 Å². The molecule has 1 rings (SSSR count). The third kappa shape index (κ3) is 3.90. The molecular weight excluding hydrogens is 262 g/mol. The summed E-state index contributed by atoms with van der Waals surface area (Å²) in [5, 5.41) is 0. The van der Waals surface area contributed by atoms with E-state index in [1.165, 1.54) is 0 Å². The molecule has 19 heavy (non-hydrogen) atoms. The summed E-state index contributed by atoms with van der Waals surface area (Å²) >= 11 is 0. The molecule has 0 bridgehead atoms. The molecule has 0 N–H and O–H groups in total. The van der Waals surface area contributed by atoms with Crippen LogP contribution < -0.4 is 0 Å². The van der Waals surface area contributed by atoms with Gasteiger partial charge in [-0.2, -0.15) is 8.78 Å². The van der Waals surface area contributed by atoms with Crippen LogP contribution in [0.1, 0.15) is 31.9 Å². The van der Waals surface area contributed by atoms with E-state index in [2.05, 4.69) is 0 Å². The molecule has 1 aromatic rings. The predicted molar refractivity (Wildman–Crippen MR) is 78.6 cm³/mol. The van der Waals surface area contributed by atoms with Gasteiger partial charge in [0.15, 0.2) is 5.76 Å². The summed E-state index contributed by atoms with van der Waals surface area (Å²) in [5.74, 6) is -0.225. The molecule has 0 heterocycles. The van der Waals surface area contributed by atoms with E-state index in [0.717, 1.165) is 23.7 Å². The molecule has 0 aliphatic rings. The van der Waals surface area contributed by atoms with Gasteiger partial charge in [-0.05, 0) is 25.1 Å². The Bertz CT molecular complexity index is 424. The van der Waals surface area contributed by atoms with E-state index in [-0.39, 0.29) is 5.76 Å². The van der Waals surface area contributed by atoms with E-state index in [0.29, 0.717) is 5.56 Å². The standard InChI is InChI=1S/C15H22F2OSi/c1-5-19(6-2,7-3)18-14(15(16)17)13-10-8-12(4)9-11-13/h8-11H,5-7H2,1-4H3. The summed E-state index contributed by atoms with van der Waals surface area (Å²) in [7, 11) is -2.08. The average molecular weight is 284 g/mol. The molecule has 4 heteroatoms. The van der Waals surface area contributed by atoms with Crippen LogP contribution in [-0.2, 0) is 4.43 Å². The lowest BCUT2D eigenvalue weighted by Crippen LogP contribution is -2.35. The van der Waals surface area contributed by atoms with Crippen molar-refractivity contribution in [3.05, 3.63) is 41.5 Å². The van der Waals surface area contributed by atoms with Crippen molar-refractivity contribution >= 4 is 14.1 Å². The Morgan fingerprint density at radius 3 is 1.84 bits per heavy atom. The molecule has 0 radical (unpaired) electrons. The second-order valence-electron chi connectivity index (χ2n) is 4.80. The predicted octanol–water partition coefficient (Wildman–Crippen LogP) is 5.58. The number of hydrogen-bond acceptors (Lipinski definition) is 1. The molecule has 0 saturated carbocycles. The lowest BCUT2D eigenvalue weighted by atomic mass is 10.1. The van der Waals surface area contributed by atoms with Crippen molar-refractivity contribution < 1.29 is 13.2 Å². The summed E-state index contributed by atoms with van der Waals surface area (Å²) < 4.78 is 32.2. The number of benzene rings is 1. The van der Waals surface area contributed by atoms with Crippen molar-refractivity contribution in [3.8, 4) is 0 Å². The normalized spacial score (nSPS) is 11.3. The second kappa shape index (κ2) is 6.85. The quantitative estimate of drug-likeness (QED) is 0.489. The fraction of sp³-hybridized carbons (Fsp3) is 0.467. The average Bonchev–Trinajstić information content (AvgIpc) is 2.42. The van der Waals surface area contributed by atoms with Crippen LogP contribution in [0.15, 0.2) is 30.3 Å². The molecule has 0 saturated heterocycles. The smallest absolute Gasteiger partial charge is 0.311 e. The zero-order chi connectivity index (χ0) is 14.5. The highest BCUT2D eigenvalue weighted by Gasteiger charge is 2.33. The highest BCUT2D eigenvalue weighted by Crippen LogP contribution is 2.31. The fourth-order valence-electron chi connectivity index (χ4n) is 2.09. The summed E-state index contributed by atoms with van der Waals surface area (Å²) in [5.41, 5.74) is 1.52. The Morgan fingerprint density at radius 1 is 1.00 bits per heavy atom. The van der Waals surface area contributed by atoms with E-state index in [1.807, 2.05) is 39.8 Å². The molecule has 0 fully saturated rings. The van der Waals surface area contributed by atoms with E-state index in [9.17, 15) is 8.78 Å². The van der Waals surface area contributed by atoms with Gasteiger partial charge in [0, 0.05) is 5.56 Å². The molecule has 0 amide bonds. The lowest BCUT2D eigenvalue weighted by molar-refractivity contribution is 0.379. The Kier molecular flexibility index (Phi) is 5.73. The van der Waals surface area contributed by atoms with Crippen LogP contribution >= 0.6 is 0 Å². The Morgan fingerprint density at radius 2 is 1.47 bits per heavy atom. The first-order chi connectivity index (χ1) is 8.98. The van der Waals surface area contributed by atoms with Crippen molar-refractivity contribution in [2.24, 2.45) is 0 Å². The van der Waals surface area contributed by atoms with Crippen LogP contribution in [0.4, 0.5) is 8.78 Å². The third-order valence-corrected chi connectivity index (χ3v) is 8.24. The van der Waals surface area contributed by atoms with Crippen molar-refractivity contribution in [3.63, 3.8) is 0 Å². The topological polar surface area (TPSA) is 9.23 Å². The fourth-order valence-corrected chi connectivity index (χ4v) is 4.66. The Labute approximate surface area is 115 Å². The first-order valence-electron chi connectivity index (χ1n) is 6.79. The molecule has 0 aliphatic carbocycles. The zero-order valence-corrected chi connectivity index (χ0v) is 13.1. The molecule has 0 aliphatic heterocycles. The molecule has 106 valence electrons. The zero-order valence-electron chi connectivity index (χ0n) is 12.1. The summed E-state index contributed by atoms with van der Waals surface area (Å²) in [6.07, 6.45) is -1.73. The minimum Gasteiger partial charge on any atom is -0.540 e. The number of hydrogen-bond donors (Lipinski definition) is 0. The van der Waals surface area contributed by atoms with Gasteiger partial charge in [-0.3, -0.25) is 0 Å². The van der Waals surface area contributed by atoms with Crippen LogP contribution in [0.2, 0.25) is 18.1 Å². The first kappa shape index (κ1) is 15.9. The van der Waals surface area contributed by atoms with Crippen LogP contribution in [0.5, 0.6) is 0 Å². The molecule has 0 spiro atoms. The number of halogens is 2. The van der Waals surface area contributed by atoms with Gasteiger partial charge in [-0.25, -0.2) is 0 Å². The molecular formula is C15H22F2OSi. The van der Waals surface area contributed by atoms with Crippen LogP contribution in [-0.4, -0.2) is 8.32 Å². The molecule has 1 aromatic carbocycles. The van der Waals surface area contributed by atoms with Gasteiger partial charge in [0.05, 0.1) is 0 Å². The van der Waals surface area contributed by atoms with E-state index in [1.54, 1.807) is 12.1 Å². The molecule has 1 nitrogen and oxygen atoms in total. The number of rotatable bonds is 6. The van der Waals surface area contributed by atoms with Crippen molar-refractivity contribution in [1.82, 2.24) is 0 Å². The van der Waals surface area contributed by atoms with Gasteiger partial charge in [0.1, 0.15) is 0 Å². The van der Waals surface area contributed by atoms with Crippen LogP contribution in [0.25, 0.3) is 5.76 Å². The second-order valence-corrected chi connectivity index (χ2v) is 9.49. The van der Waals surface area contributed by atoms with Gasteiger partial charge in [0.25, 0.3) is 8.32 Å². The largest absolute Gasteiger partial charge is 0.540 e. The summed E-state index contributed by atoms with van der Waals surface area (Å²) in [6.45, 7) is 8.02. The maximum atomic E-state index is 13.2. The minimum atomic E-state index is -2.08. The highest BCUT2D eigenvalue weighted by atomic mass is 28.4. The Balaban J connectivity index is 3.10. The Hall–Kier alpha value is -1.16. The van der Waals surface area contributed by atoms with Crippen molar-refractivity contribution in [2.45, 2.75) is 45.8 Å². The lowest BCUT2D eigenvalue weighted by Gasteiger charge is -2.30. The molecule has 0 atom stereocenters. The summed E-state index contributed by atoms with van der Waals surface area (Å²) in [4.78, 5) is 0. The van der Waals surface area contributed by atoms with Crippen LogP contribution in [0.3, 0.4) is 0 Å². The summed E-state index contributed by atoms with van der Waals surface area (Å²) in [6, 6.07) is 9.60.